The van der Waals surface area contributed by atoms with Crippen molar-refractivity contribution in [3.8, 4) is 44.5 Å². The van der Waals surface area contributed by atoms with Gasteiger partial charge in [-0.1, -0.05) is 115 Å². The number of fused-ring (bicyclic) bond motifs is 9. The van der Waals surface area contributed by atoms with Gasteiger partial charge in [0.15, 0.2) is 0 Å². The van der Waals surface area contributed by atoms with Gasteiger partial charge >= 0.3 is 0 Å². The van der Waals surface area contributed by atoms with Crippen LogP contribution in [0.3, 0.4) is 0 Å². The van der Waals surface area contributed by atoms with Gasteiger partial charge in [-0.05, 0) is 67.9 Å². The normalized spacial score (nSPS) is 12.3. The van der Waals surface area contributed by atoms with E-state index in [0.717, 1.165) is 16.6 Å². The molecule has 0 bridgehead atoms. The Balaban J connectivity index is 1.26. The van der Waals surface area contributed by atoms with Gasteiger partial charge in [0.25, 0.3) is 0 Å². The average molecular weight is 551 g/mol. The van der Waals surface area contributed by atoms with Crippen LogP contribution in [0.25, 0.3) is 97.4 Å². The second kappa shape index (κ2) is 8.19. The minimum absolute atomic E-state index is 0.931. The van der Waals surface area contributed by atoms with E-state index in [9.17, 15) is 0 Å². The van der Waals surface area contributed by atoms with Crippen LogP contribution in [0.5, 0.6) is 0 Å². The molecule has 0 N–H and O–H groups in total. The van der Waals surface area contributed by atoms with Crippen LogP contribution in [-0.2, 0) is 0 Å². The standard InChI is InChI=1S/C40H22OS/c1-2-10-24-23(9-1)26-12-5-13-27-25(21-22-30(24)37(26)27)28-15-8-20-36-39(28)33-17-6-16-31(40(33)42-36)29-14-7-19-35-38(29)32-11-3-4-18-34(32)41-35/h1-22H. The highest BCUT2D eigenvalue weighted by Gasteiger charge is 2.23. The predicted molar refractivity (Wildman–Crippen MR) is 179 cm³/mol. The first-order chi connectivity index (χ1) is 20.8. The van der Waals surface area contributed by atoms with Crippen molar-refractivity contribution in [1.29, 1.82) is 0 Å². The van der Waals surface area contributed by atoms with Crippen molar-refractivity contribution in [1.82, 2.24) is 0 Å². The van der Waals surface area contributed by atoms with E-state index in [1.807, 2.05) is 17.4 Å². The zero-order chi connectivity index (χ0) is 27.4. The maximum Gasteiger partial charge on any atom is 0.136 e. The Morgan fingerprint density at radius 1 is 0.333 bits per heavy atom. The van der Waals surface area contributed by atoms with Crippen LogP contribution in [0.4, 0.5) is 0 Å². The quantitative estimate of drug-likeness (QED) is 0.209. The highest BCUT2D eigenvalue weighted by molar-refractivity contribution is 7.26. The van der Waals surface area contributed by atoms with Crippen LogP contribution in [0, 0.1) is 0 Å². The number of para-hydroxylation sites is 1. The summed E-state index contributed by atoms with van der Waals surface area (Å²) in [5, 5.41) is 7.67. The molecular weight excluding hydrogens is 529 g/mol. The molecule has 1 nitrogen and oxygen atoms in total. The van der Waals surface area contributed by atoms with E-state index in [2.05, 4.69) is 127 Å². The molecule has 0 radical (unpaired) electrons. The Labute approximate surface area is 245 Å². The summed E-state index contributed by atoms with van der Waals surface area (Å²) in [6, 6.07) is 48.6. The first-order valence-corrected chi connectivity index (χ1v) is 15.2. The van der Waals surface area contributed by atoms with E-state index < -0.39 is 0 Å². The fraction of sp³-hybridized carbons (Fsp3) is 0. The van der Waals surface area contributed by atoms with Gasteiger partial charge in [0.2, 0.25) is 0 Å². The molecule has 1 aliphatic rings. The maximum absolute atomic E-state index is 6.25. The number of thiophene rings is 1. The molecule has 42 heavy (non-hydrogen) atoms. The second-order valence-electron chi connectivity index (χ2n) is 11.2. The van der Waals surface area contributed by atoms with Gasteiger partial charge in [0.05, 0.1) is 0 Å². The monoisotopic (exact) mass is 550 g/mol. The van der Waals surface area contributed by atoms with E-state index in [4.69, 9.17) is 4.42 Å². The summed E-state index contributed by atoms with van der Waals surface area (Å²) in [6.45, 7) is 0. The molecule has 2 heterocycles. The third-order valence-electron chi connectivity index (χ3n) is 9.05. The van der Waals surface area contributed by atoms with Crippen molar-refractivity contribution in [2.75, 3.05) is 0 Å². The van der Waals surface area contributed by atoms with Crippen molar-refractivity contribution in [3.05, 3.63) is 133 Å². The molecule has 0 fully saturated rings. The summed E-state index contributed by atoms with van der Waals surface area (Å²) < 4.78 is 8.88. The summed E-state index contributed by atoms with van der Waals surface area (Å²) in [7, 11) is 0. The molecule has 7 aromatic carbocycles. The lowest BCUT2D eigenvalue weighted by Gasteiger charge is -2.11. The summed E-state index contributed by atoms with van der Waals surface area (Å²) >= 11 is 1.89. The summed E-state index contributed by atoms with van der Waals surface area (Å²) in [6.07, 6.45) is 0. The van der Waals surface area contributed by atoms with E-state index in [1.54, 1.807) is 0 Å². The minimum atomic E-state index is 0.931. The third-order valence-corrected chi connectivity index (χ3v) is 10.3. The number of hydrogen-bond donors (Lipinski definition) is 0. The molecule has 0 spiro atoms. The van der Waals surface area contributed by atoms with Gasteiger partial charge in [-0.25, -0.2) is 0 Å². The fourth-order valence-corrected chi connectivity index (χ4v) is 8.58. The van der Waals surface area contributed by atoms with Crippen molar-refractivity contribution >= 4 is 64.2 Å². The molecule has 10 rings (SSSR count). The molecule has 0 atom stereocenters. The van der Waals surface area contributed by atoms with Crippen LogP contribution >= 0.6 is 11.3 Å². The lowest BCUT2D eigenvalue weighted by atomic mass is 9.91. The average Bonchev–Trinajstić information content (AvgIpc) is 3.72. The van der Waals surface area contributed by atoms with Crippen LogP contribution in [0.15, 0.2) is 138 Å². The molecule has 2 aromatic heterocycles. The van der Waals surface area contributed by atoms with Crippen molar-refractivity contribution in [3.63, 3.8) is 0 Å². The second-order valence-corrected chi connectivity index (χ2v) is 12.2. The highest BCUT2D eigenvalue weighted by atomic mass is 32.1. The Bertz CT molecular complexity index is 2550. The molecule has 9 aromatic rings. The largest absolute Gasteiger partial charge is 0.456 e. The lowest BCUT2D eigenvalue weighted by Crippen LogP contribution is -1.85. The Hall–Kier alpha value is -5.18. The smallest absolute Gasteiger partial charge is 0.136 e. The molecule has 0 unspecified atom stereocenters. The van der Waals surface area contributed by atoms with Gasteiger partial charge < -0.3 is 4.42 Å². The molecular formula is C40H22OS. The van der Waals surface area contributed by atoms with Crippen molar-refractivity contribution in [2.24, 2.45) is 0 Å². The Kier molecular flexibility index (Phi) is 4.39. The Morgan fingerprint density at radius 2 is 0.881 bits per heavy atom. The van der Waals surface area contributed by atoms with Gasteiger partial charge in [0.1, 0.15) is 11.2 Å². The highest BCUT2D eigenvalue weighted by Crippen LogP contribution is 2.51. The molecule has 0 amide bonds. The van der Waals surface area contributed by atoms with Crippen LogP contribution in [-0.4, -0.2) is 0 Å². The molecule has 1 aliphatic carbocycles. The van der Waals surface area contributed by atoms with Crippen LogP contribution in [0.2, 0.25) is 0 Å². The predicted octanol–water partition coefficient (Wildman–Crippen LogP) is 12.1. The zero-order valence-electron chi connectivity index (χ0n) is 22.5. The summed E-state index contributed by atoms with van der Waals surface area (Å²) in [5.74, 6) is 0. The van der Waals surface area contributed by atoms with Crippen LogP contribution < -0.4 is 0 Å². The molecule has 194 valence electrons. The molecule has 0 aliphatic heterocycles. The molecule has 0 saturated heterocycles. The number of rotatable bonds is 2. The third kappa shape index (κ3) is 2.87. The molecule has 0 saturated carbocycles. The first-order valence-electron chi connectivity index (χ1n) is 14.4. The topological polar surface area (TPSA) is 13.1 Å². The van der Waals surface area contributed by atoms with E-state index in [1.165, 1.54) is 80.8 Å². The van der Waals surface area contributed by atoms with Gasteiger partial charge in [-0.2, -0.15) is 0 Å². The summed E-state index contributed by atoms with van der Waals surface area (Å²) in [5.41, 5.74) is 12.3. The number of furan rings is 1. The minimum Gasteiger partial charge on any atom is -0.456 e. The van der Waals surface area contributed by atoms with Crippen LogP contribution in [0.1, 0.15) is 0 Å². The van der Waals surface area contributed by atoms with E-state index in [0.29, 0.717) is 0 Å². The molecule has 2 heteroatoms. The Morgan fingerprint density at radius 3 is 1.74 bits per heavy atom. The number of hydrogen-bond acceptors (Lipinski definition) is 2. The lowest BCUT2D eigenvalue weighted by molar-refractivity contribution is 0.669. The maximum atomic E-state index is 6.25. The number of benzene rings is 7. The zero-order valence-corrected chi connectivity index (χ0v) is 23.3. The fourth-order valence-electron chi connectivity index (χ4n) is 7.33. The van der Waals surface area contributed by atoms with E-state index >= 15 is 0 Å². The van der Waals surface area contributed by atoms with Gasteiger partial charge in [-0.15, -0.1) is 11.3 Å². The van der Waals surface area contributed by atoms with Crippen molar-refractivity contribution < 1.29 is 4.42 Å². The van der Waals surface area contributed by atoms with Gasteiger partial charge in [0, 0.05) is 36.5 Å². The summed E-state index contributed by atoms with van der Waals surface area (Å²) in [4.78, 5) is 0. The van der Waals surface area contributed by atoms with Crippen molar-refractivity contribution in [2.45, 2.75) is 0 Å². The van der Waals surface area contributed by atoms with E-state index in [-0.39, 0.29) is 0 Å². The SMILES string of the molecule is c1ccc2c(c1)-c1cccc3c(-c4cccc5sc6c(-c7cccc8oc9ccccc9c78)cccc6c45)ccc-2c13. The first kappa shape index (κ1) is 22.5. The van der Waals surface area contributed by atoms with Gasteiger partial charge in [-0.3, -0.25) is 0 Å².